The van der Waals surface area contributed by atoms with Crippen molar-refractivity contribution in [1.29, 1.82) is 0 Å². The van der Waals surface area contributed by atoms with Crippen molar-refractivity contribution < 1.29 is 27.4 Å². The standard InChI is InChI=1S/C19H15F3N4O3/c1-11-14(28-12-8-9-24-13(10-12)18(27)23-2)4-3-5-15(11)29-17-7-6-16(25-26-17)19(20,21)22/h3-10H,1-2H3,(H,23,27). The van der Waals surface area contributed by atoms with Crippen LogP contribution in [0.2, 0.25) is 0 Å². The normalized spacial score (nSPS) is 11.1. The van der Waals surface area contributed by atoms with E-state index in [0.717, 1.165) is 12.1 Å². The molecule has 1 amide bonds. The van der Waals surface area contributed by atoms with Crippen molar-refractivity contribution in [3.63, 3.8) is 0 Å². The number of halogens is 3. The third kappa shape index (κ3) is 4.78. The lowest BCUT2D eigenvalue weighted by molar-refractivity contribution is -0.141. The van der Waals surface area contributed by atoms with Crippen LogP contribution in [-0.4, -0.2) is 28.1 Å². The van der Waals surface area contributed by atoms with Gasteiger partial charge < -0.3 is 14.8 Å². The molecule has 1 aromatic carbocycles. The van der Waals surface area contributed by atoms with Crippen molar-refractivity contribution in [3.8, 4) is 23.1 Å². The highest BCUT2D eigenvalue weighted by atomic mass is 19.4. The Labute approximate surface area is 163 Å². The number of hydrogen-bond acceptors (Lipinski definition) is 6. The minimum Gasteiger partial charge on any atom is -0.457 e. The molecule has 0 spiro atoms. The van der Waals surface area contributed by atoms with Crippen LogP contribution >= 0.6 is 0 Å². The number of aromatic nitrogens is 3. The SMILES string of the molecule is CNC(=O)c1cc(Oc2cccc(Oc3ccc(C(F)(F)F)nn3)c2C)ccn1. The molecule has 0 saturated carbocycles. The smallest absolute Gasteiger partial charge is 0.435 e. The van der Waals surface area contributed by atoms with Gasteiger partial charge in [-0.05, 0) is 31.2 Å². The van der Waals surface area contributed by atoms with E-state index in [1.807, 2.05) is 0 Å². The van der Waals surface area contributed by atoms with Crippen molar-refractivity contribution in [2.75, 3.05) is 7.05 Å². The van der Waals surface area contributed by atoms with Gasteiger partial charge in [-0.2, -0.15) is 13.2 Å². The Bertz CT molecular complexity index is 1020. The van der Waals surface area contributed by atoms with Gasteiger partial charge in [0.2, 0.25) is 5.88 Å². The molecule has 0 atom stereocenters. The Hall–Kier alpha value is -3.69. The van der Waals surface area contributed by atoms with Crippen molar-refractivity contribution >= 4 is 5.91 Å². The fourth-order valence-corrected chi connectivity index (χ4v) is 2.31. The molecule has 1 N–H and O–H groups in total. The molecule has 0 saturated heterocycles. The average Bonchev–Trinajstić information content (AvgIpc) is 2.70. The average molecular weight is 404 g/mol. The Balaban J connectivity index is 1.80. The van der Waals surface area contributed by atoms with Crippen molar-refractivity contribution in [1.82, 2.24) is 20.5 Å². The fraction of sp³-hybridized carbons (Fsp3) is 0.158. The second kappa shape index (κ2) is 8.13. The van der Waals surface area contributed by atoms with Gasteiger partial charge in [-0.25, -0.2) is 0 Å². The van der Waals surface area contributed by atoms with Gasteiger partial charge in [0.15, 0.2) is 5.69 Å². The van der Waals surface area contributed by atoms with Crippen LogP contribution in [0.4, 0.5) is 13.2 Å². The third-order valence-electron chi connectivity index (χ3n) is 3.80. The molecule has 7 nitrogen and oxygen atoms in total. The number of rotatable bonds is 5. The topological polar surface area (TPSA) is 86.2 Å². The number of alkyl halides is 3. The minimum absolute atomic E-state index is 0.0935. The summed E-state index contributed by atoms with van der Waals surface area (Å²) in [6.45, 7) is 1.71. The van der Waals surface area contributed by atoms with E-state index in [-0.39, 0.29) is 17.5 Å². The summed E-state index contributed by atoms with van der Waals surface area (Å²) in [7, 11) is 1.49. The van der Waals surface area contributed by atoms with Crippen LogP contribution in [0, 0.1) is 6.92 Å². The highest BCUT2D eigenvalue weighted by molar-refractivity contribution is 5.92. The number of ether oxygens (including phenoxy) is 2. The van der Waals surface area contributed by atoms with Gasteiger partial charge in [0.05, 0.1) is 0 Å². The maximum Gasteiger partial charge on any atom is 0.435 e. The summed E-state index contributed by atoms with van der Waals surface area (Å²) >= 11 is 0. The molecule has 29 heavy (non-hydrogen) atoms. The first-order valence-corrected chi connectivity index (χ1v) is 8.32. The Morgan fingerprint density at radius 1 is 1.03 bits per heavy atom. The summed E-state index contributed by atoms with van der Waals surface area (Å²) in [5.41, 5.74) is -0.342. The zero-order chi connectivity index (χ0) is 21.0. The van der Waals surface area contributed by atoms with Crippen molar-refractivity contribution in [2.24, 2.45) is 0 Å². The Kier molecular flexibility index (Phi) is 5.62. The predicted octanol–water partition coefficient (Wildman–Crippen LogP) is 4.14. The number of hydrogen-bond donors (Lipinski definition) is 1. The molecule has 0 radical (unpaired) electrons. The van der Waals surface area contributed by atoms with E-state index in [1.54, 1.807) is 31.2 Å². The number of carbonyl (C=O) groups is 1. The van der Waals surface area contributed by atoms with Crippen LogP contribution in [-0.2, 0) is 6.18 Å². The third-order valence-corrected chi connectivity index (χ3v) is 3.80. The summed E-state index contributed by atoms with van der Waals surface area (Å²) in [6.07, 6.45) is -3.14. The van der Waals surface area contributed by atoms with Crippen molar-refractivity contribution in [3.05, 3.63) is 65.6 Å². The predicted molar refractivity (Wildman–Crippen MR) is 96.0 cm³/mol. The molecule has 0 aliphatic heterocycles. The zero-order valence-electron chi connectivity index (χ0n) is 15.3. The summed E-state index contributed by atoms with van der Waals surface area (Å²) in [6, 6.07) is 9.88. The number of carbonyl (C=O) groups excluding carboxylic acids is 1. The van der Waals surface area contributed by atoms with E-state index in [4.69, 9.17) is 9.47 Å². The monoisotopic (exact) mass is 404 g/mol. The van der Waals surface area contributed by atoms with E-state index in [2.05, 4.69) is 20.5 Å². The molecule has 0 aliphatic rings. The van der Waals surface area contributed by atoms with Gasteiger partial charge in [-0.15, -0.1) is 10.2 Å². The van der Waals surface area contributed by atoms with Gasteiger partial charge in [0.25, 0.3) is 5.91 Å². The van der Waals surface area contributed by atoms with Gasteiger partial charge in [0.1, 0.15) is 22.9 Å². The number of benzene rings is 1. The van der Waals surface area contributed by atoms with Crippen molar-refractivity contribution in [2.45, 2.75) is 13.1 Å². The Morgan fingerprint density at radius 2 is 1.76 bits per heavy atom. The largest absolute Gasteiger partial charge is 0.457 e. The van der Waals surface area contributed by atoms with Gasteiger partial charge in [0, 0.05) is 30.9 Å². The maximum atomic E-state index is 12.6. The first-order valence-electron chi connectivity index (χ1n) is 8.32. The molecule has 10 heteroatoms. The molecule has 2 heterocycles. The number of pyridine rings is 1. The molecule has 0 bridgehead atoms. The maximum absolute atomic E-state index is 12.6. The lowest BCUT2D eigenvalue weighted by atomic mass is 10.2. The van der Waals surface area contributed by atoms with Gasteiger partial charge >= 0.3 is 6.18 Å². The molecule has 0 unspecified atom stereocenters. The number of nitrogens with one attached hydrogen (secondary N) is 1. The quantitative estimate of drug-likeness (QED) is 0.688. The summed E-state index contributed by atoms with van der Waals surface area (Å²) in [4.78, 5) is 15.7. The Morgan fingerprint density at radius 3 is 2.38 bits per heavy atom. The first kappa shape index (κ1) is 20.1. The molecular weight excluding hydrogens is 389 g/mol. The minimum atomic E-state index is -4.58. The number of nitrogens with zero attached hydrogens (tertiary/aromatic N) is 3. The van der Waals surface area contributed by atoms with Crippen LogP contribution in [0.1, 0.15) is 21.7 Å². The highest BCUT2D eigenvalue weighted by Gasteiger charge is 2.33. The first-order chi connectivity index (χ1) is 13.8. The van der Waals surface area contributed by atoms with Crippen LogP contribution in [0.25, 0.3) is 0 Å². The van der Waals surface area contributed by atoms with E-state index in [1.165, 1.54) is 19.3 Å². The van der Waals surface area contributed by atoms with E-state index in [9.17, 15) is 18.0 Å². The molecule has 3 aromatic rings. The summed E-state index contributed by atoms with van der Waals surface area (Å²) < 4.78 is 49.1. The summed E-state index contributed by atoms with van der Waals surface area (Å²) in [5, 5.41) is 9.05. The van der Waals surface area contributed by atoms with Crippen LogP contribution in [0.3, 0.4) is 0 Å². The lowest BCUT2D eigenvalue weighted by Crippen LogP contribution is -2.18. The summed E-state index contributed by atoms with van der Waals surface area (Å²) in [5.74, 6) is 0.691. The van der Waals surface area contributed by atoms with Crippen LogP contribution < -0.4 is 14.8 Å². The van der Waals surface area contributed by atoms with E-state index in [0.29, 0.717) is 22.8 Å². The molecule has 0 aliphatic carbocycles. The van der Waals surface area contributed by atoms with E-state index < -0.39 is 11.9 Å². The second-order valence-electron chi connectivity index (χ2n) is 5.79. The molecular formula is C19H15F3N4O3. The van der Waals surface area contributed by atoms with Gasteiger partial charge in [-0.3, -0.25) is 9.78 Å². The second-order valence-corrected chi connectivity index (χ2v) is 5.79. The molecule has 2 aromatic heterocycles. The number of amides is 1. The van der Waals surface area contributed by atoms with Gasteiger partial charge in [-0.1, -0.05) is 6.07 Å². The lowest BCUT2D eigenvalue weighted by Gasteiger charge is -2.13. The van der Waals surface area contributed by atoms with E-state index >= 15 is 0 Å². The highest BCUT2D eigenvalue weighted by Crippen LogP contribution is 2.34. The van der Waals surface area contributed by atoms with Crippen LogP contribution in [0.15, 0.2) is 48.7 Å². The van der Waals surface area contributed by atoms with Crippen LogP contribution in [0.5, 0.6) is 23.1 Å². The molecule has 150 valence electrons. The molecule has 0 fully saturated rings. The zero-order valence-corrected chi connectivity index (χ0v) is 15.3. The fourth-order valence-electron chi connectivity index (χ4n) is 2.31. The molecule has 3 rings (SSSR count).